The van der Waals surface area contributed by atoms with Crippen LogP contribution in [0, 0.1) is 5.92 Å². The van der Waals surface area contributed by atoms with Crippen LogP contribution in [0.3, 0.4) is 0 Å². The number of esters is 1. The number of hydrogen-bond acceptors (Lipinski definition) is 5. The van der Waals surface area contributed by atoms with Crippen molar-refractivity contribution in [2.45, 2.75) is 45.9 Å². The van der Waals surface area contributed by atoms with E-state index in [1.807, 2.05) is 44.2 Å². The summed E-state index contributed by atoms with van der Waals surface area (Å²) in [6, 6.07) is 7.62. The van der Waals surface area contributed by atoms with E-state index < -0.39 is 30.1 Å². The van der Waals surface area contributed by atoms with E-state index in [1.54, 1.807) is 0 Å². The number of benzene rings is 1. The molecule has 0 heterocycles. The molecule has 0 aliphatic rings. The van der Waals surface area contributed by atoms with Crippen molar-refractivity contribution in [3.63, 3.8) is 0 Å². The number of alkyl carbamates (subject to hydrolysis) is 1. The molecular formula is C18H26N2O5. The lowest BCUT2D eigenvalue weighted by Crippen LogP contribution is -2.51. The van der Waals surface area contributed by atoms with Crippen molar-refractivity contribution in [2.75, 3.05) is 7.11 Å². The molecule has 2 N–H and O–H groups in total. The highest BCUT2D eigenvalue weighted by Crippen LogP contribution is 2.07. The summed E-state index contributed by atoms with van der Waals surface area (Å²) < 4.78 is 9.76. The molecule has 25 heavy (non-hydrogen) atoms. The zero-order valence-corrected chi connectivity index (χ0v) is 15.1. The summed E-state index contributed by atoms with van der Waals surface area (Å²) in [5.41, 5.74) is 0.845. The van der Waals surface area contributed by atoms with E-state index in [-0.39, 0.29) is 12.5 Å². The lowest BCUT2D eigenvalue weighted by molar-refractivity contribution is -0.145. The Morgan fingerprint density at radius 1 is 1.04 bits per heavy atom. The van der Waals surface area contributed by atoms with Crippen molar-refractivity contribution in [3.8, 4) is 0 Å². The molecule has 0 spiro atoms. The van der Waals surface area contributed by atoms with E-state index in [9.17, 15) is 14.4 Å². The fourth-order valence-corrected chi connectivity index (χ4v) is 2.13. The number of carbonyl (C=O) groups excluding carboxylic acids is 3. The van der Waals surface area contributed by atoms with Crippen LogP contribution in [0.5, 0.6) is 0 Å². The van der Waals surface area contributed by atoms with Crippen LogP contribution in [0.1, 0.15) is 32.8 Å². The molecule has 0 aliphatic carbocycles. The predicted octanol–water partition coefficient (Wildman–Crippen LogP) is 2.01. The molecule has 1 aromatic rings. The Balaban J connectivity index is 2.48. The van der Waals surface area contributed by atoms with Crippen LogP contribution in [0.4, 0.5) is 4.79 Å². The normalized spacial score (nSPS) is 12.8. The van der Waals surface area contributed by atoms with Crippen molar-refractivity contribution < 1.29 is 23.9 Å². The second-order valence-electron chi connectivity index (χ2n) is 6.14. The van der Waals surface area contributed by atoms with Gasteiger partial charge in [0, 0.05) is 0 Å². The maximum atomic E-state index is 12.2. The second-order valence-corrected chi connectivity index (χ2v) is 6.14. The van der Waals surface area contributed by atoms with Gasteiger partial charge in [0.2, 0.25) is 5.91 Å². The van der Waals surface area contributed by atoms with E-state index in [0.717, 1.165) is 5.56 Å². The third-order valence-electron chi connectivity index (χ3n) is 3.45. The number of amides is 2. The minimum absolute atomic E-state index is 0.110. The van der Waals surface area contributed by atoms with Gasteiger partial charge in [-0.15, -0.1) is 0 Å². The number of carbonyl (C=O) groups is 3. The summed E-state index contributed by atoms with van der Waals surface area (Å²) >= 11 is 0. The first-order chi connectivity index (χ1) is 11.8. The molecule has 0 bridgehead atoms. The molecule has 2 amide bonds. The average molecular weight is 350 g/mol. The maximum absolute atomic E-state index is 12.2. The van der Waals surface area contributed by atoms with Gasteiger partial charge in [0.1, 0.15) is 18.7 Å². The first-order valence-electron chi connectivity index (χ1n) is 8.19. The van der Waals surface area contributed by atoms with Gasteiger partial charge in [-0.05, 0) is 24.8 Å². The number of hydrogen-bond donors (Lipinski definition) is 2. The molecule has 1 rings (SSSR count). The Bertz CT molecular complexity index is 574. The quantitative estimate of drug-likeness (QED) is 0.700. The van der Waals surface area contributed by atoms with Gasteiger partial charge in [0.15, 0.2) is 0 Å². The number of ether oxygens (including phenoxy) is 2. The van der Waals surface area contributed by atoms with Crippen LogP contribution in [0.25, 0.3) is 0 Å². The predicted molar refractivity (Wildman–Crippen MR) is 92.6 cm³/mol. The summed E-state index contributed by atoms with van der Waals surface area (Å²) in [6.07, 6.45) is -0.256. The molecular weight excluding hydrogens is 324 g/mol. The summed E-state index contributed by atoms with van der Waals surface area (Å²) in [5.74, 6) is -0.794. The number of rotatable bonds is 8. The van der Waals surface area contributed by atoms with Crippen LogP contribution >= 0.6 is 0 Å². The fraction of sp³-hybridized carbons (Fsp3) is 0.500. The Hall–Kier alpha value is -2.57. The molecule has 0 saturated heterocycles. The highest BCUT2D eigenvalue weighted by atomic mass is 16.5. The fourth-order valence-electron chi connectivity index (χ4n) is 2.13. The van der Waals surface area contributed by atoms with Crippen molar-refractivity contribution >= 4 is 18.0 Å². The molecule has 0 fully saturated rings. The third-order valence-corrected chi connectivity index (χ3v) is 3.45. The monoisotopic (exact) mass is 350 g/mol. The summed E-state index contributed by atoms with van der Waals surface area (Å²) in [5, 5.41) is 5.03. The smallest absolute Gasteiger partial charge is 0.408 e. The topological polar surface area (TPSA) is 93.7 Å². The molecule has 2 atom stereocenters. The van der Waals surface area contributed by atoms with Gasteiger partial charge in [-0.1, -0.05) is 44.2 Å². The van der Waals surface area contributed by atoms with Crippen LogP contribution < -0.4 is 10.6 Å². The van der Waals surface area contributed by atoms with Crippen molar-refractivity contribution in [1.29, 1.82) is 0 Å². The second kappa shape index (κ2) is 10.3. The third kappa shape index (κ3) is 7.69. The molecule has 0 radical (unpaired) electrons. The molecule has 0 aromatic heterocycles. The molecule has 1 aromatic carbocycles. The number of methoxy groups -OCH3 is 1. The van der Waals surface area contributed by atoms with Gasteiger partial charge in [-0.25, -0.2) is 9.59 Å². The Labute approximate surface area is 148 Å². The standard InChI is InChI=1S/C18H26N2O5/c1-12(2)10-15(17(22)24-4)20-16(21)13(3)19-18(23)25-11-14-8-6-5-7-9-14/h5-9,12-13,15H,10-11H2,1-4H3,(H,19,23)(H,20,21). The van der Waals surface area contributed by atoms with E-state index >= 15 is 0 Å². The SMILES string of the molecule is COC(=O)C(CC(C)C)NC(=O)C(C)NC(=O)OCc1ccccc1. The van der Waals surface area contributed by atoms with Crippen LogP contribution in [0.15, 0.2) is 30.3 Å². The minimum atomic E-state index is -0.845. The Morgan fingerprint density at radius 2 is 1.68 bits per heavy atom. The maximum Gasteiger partial charge on any atom is 0.408 e. The van der Waals surface area contributed by atoms with Crippen molar-refractivity contribution in [3.05, 3.63) is 35.9 Å². The molecule has 0 saturated carbocycles. The summed E-state index contributed by atoms with van der Waals surface area (Å²) in [7, 11) is 1.27. The van der Waals surface area contributed by atoms with Crippen LogP contribution in [0.2, 0.25) is 0 Å². The molecule has 138 valence electrons. The molecule has 0 aliphatic heterocycles. The highest BCUT2D eigenvalue weighted by Gasteiger charge is 2.25. The molecule has 7 nitrogen and oxygen atoms in total. The van der Waals surface area contributed by atoms with Gasteiger partial charge in [0.05, 0.1) is 7.11 Å². The van der Waals surface area contributed by atoms with Crippen molar-refractivity contribution in [2.24, 2.45) is 5.92 Å². The lowest BCUT2D eigenvalue weighted by atomic mass is 10.0. The number of nitrogens with one attached hydrogen (secondary N) is 2. The average Bonchev–Trinajstić information content (AvgIpc) is 2.59. The zero-order chi connectivity index (χ0) is 18.8. The van der Waals surface area contributed by atoms with E-state index in [2.05, 4.69) is 10.6 Å². The Kier molecular flexibility index (Phi) is 8.46. The van der Waals surface area contributed by atoms with E-state index in [0.29, 0.717) is 6.42 Å². The van der Waals surface area contributed by atoms with Gasteiger partial charge in [-0.3, -0.25) is 4.79 Å². The highest BCUT2D eigenvalue weighted by molar-refractivity contribution is 5.89. The van der Waals surface area contributed by atoms with E-state index in [4.69, 9.17) is 9.47 Å². The largest absolute Gasteiger partial charge is 0.467 e. The minimum Gasteiger partial charge on any atom is -0.467 e. The summed E-state index contributed by atoms with van der Waals surface area (Å²) in [6.45, 7) is 5.50. The van der Waals surface area contributed by atoms with Crippen LogP contribution in [-0.4, -0.2) is 37.2 Å². The lowest BCUT2D eigenvalue weighted by Gasteiger charge is -2.21. The van der Waals surface area contributed by atoms with Gasteiger partial charge >= 0.3 is 12.1 Å². The molecule has 7 heteroatoms. The van der Waals surface area contributed by atoms with Gasteiger partial charge in [-0.2, -0.15) is 0 Å². The first-order valence-corrected chi connectivity index (χ1v) is 8.19. The Morgan fingerprint density at radius 3 is 2.24 bits per heavy atom. The van der Waals surface area contributed by atoms with Gasteiger partial charge < -0.3 is 20.1 Å². The first kappa shape index (κ1) is 20.5. The van der Waals surface area contributed by atoms with Crippen LogP contribution in [-0.2, 0) is 25.7 Å². The van der Waals surface area contributed by atoms with E-state index in [1.165, 1.54) is 14.0 Å². The van der Waals surface area contributed by atoms with Gasteiger partial charge in [0.25, 0.3) is 0 Å². The summed E-state index contributed by atoms with van der Waals surface area (Å²) in [4.78, 5) is 35.7. The zero-order valence-electron chi connectivity index (χ0n) is 15.1. The molecule has 2 unspecified atom stereocenters. The van der Waals surface area contributed by atoms with Crippen molar-refractivity contribution in [1.82, 2.24) is 10.6 Å².